The first kappa shape index (κ1) is 35.7. The van der Waals surface area contributed by atoms with E-state index in [0.29, 0.717) is 25.7 Å². The van der Waals surface area contributed by atoms with Gasteiger partial charge in [0.2, 0.25) is 0 Å². The zero-order chi connectivity index (χ0) is 33.5. The van der Waals surface area contributed by atoms with E-state index < -0.39 is 29.5 Å². The Kier molecular flexibility index (Phi) is 11.9. The number of esters is 1. The number of imide groups is 1. The van der Waals surface area contributed by atoms with Crippen molar-refractivity contribution in [2.75, 3.05) is 13.7 Å². The zero-order valence-electron chi connectivity index (χ0n) is 28.1. The van der Waals surface area contributed by atoms with Crippen molar-refractivity contribution in [1.82, 2.24) is 9.80 Å². The summed E-state index contributed by atoms with van der Waals surface area (Å²) in [6.45, 7) is 12.6. The summed E-state index contributed by atoms with van der Waals surface area (Å²) in [5, 5.41) is 0. The second-order valence-electron chi connectivity index (χ2n) is 13.9. The molecule has 4 atom stereocenters. The van der Waals surface area contributed by atoms with Gasteiger partial charge in [-0.15, -0.1) is 6.42 Å². The van der Waals surface area contributed by atoms with Crippen LogP contribution in [0.2, 0.25) is 0 Å². The van der Waals surface area contributed by atoms with Gasteiger partial charge < -0.3 is 18.9 Å². The van der Waals surface area contributed by atoms with Crippen LogP contribution in [0.4, 0.5) is 14.4 Å². The van der Waals surface area contributed by atoms with Gasteiger partial charge in [0.05, 0.1) is 13.2 Å². The van der Waals surface area contributed by atoms with Crippen molar-refractivity contribution in [3.8, 4) is 23.5 Å². The smallest absolute Gasteiger partial charge is 0.419 e. The number of hydrogen-bond acceptors (Lipinski definition) is 8. The number of methoxy groups -OCH3 is 1. The van der Waals surface area contributed by atoms with Gasteiger partial charge in [0.25, 0.3) is 0 Å². The number of likely N-dealkylation sites (tertiary alicyclic amines) is 1. The molecule has 10 heteroatoms. The van der Waals surface area contributed by atoms with Gasteiger partial charge in [0.15, 0.2) is 0 Å². The van der Waals surface area contributed by atoms with Crippen molar-refractivity contribution >= 4 is 24.2 Å². The van der Waals surface area contributed by atoms with Gasteiger partial charge in [-0.05, 0) is 104 Å². The van der Waals surface area contributed by atoms with Gasteiger partial charge >= 0.3 is 24.2 Å². The van der Waals surface area contributed by atoms with Crippen LogP contribution in [0.1, 0.15) is 98.5 Å². The third-order valence-electron chi connectivity index (χ3n) is 8.04. The molecule has 3 aliphatic carbocycles. The number of rotatable bonds is 7. The number of unbranched alkanes of at least 4 members (excludes halogenated alkanes) is 2. The average Bonchev–Trinajstić information content (AvgIpc) is 3.31. The van der Waals surface area contributed by atoms with Crippen molar-refractivity contribution in [2.45, 2.75) is 129 Å². The molecule has 0 spiro atoms. The maximum atomic E-state index is 12.6. The number of nitrogens with zero attached hydrogens (tertiary/aromatic N) is 2. The van der Waals surface area contributed by atoms with E-state index in [-0.39, 0.29) is 43.0 Å². The molecule has 1 saturated carbocycles. The molecule has 1 saturated heterocycles. The highest BCUT2D eigenvalue weighted by Crippen LogP contribution is 2.41. The minimum Gasteiger partial charge on any atom is -0.462 e. The lowest BCUT2D eigenvalue weighted by molar-refractivity contribution is -0.154. The molecule has 248 valence electrons. The summed E-state index contributed by atoms with van der Waals surface area (Å²) >= 11 is 0. The SMILES string of the molecule is C#CC1C[C@H]2[C@@H](OC(=O)CCCCCN(C(=O)OC(C)(C)C)C(=O)OC(C)(C)C)CCC[C@H]2N1C(=O)OC.Cc1cc2ccc1-2. The molecule has 1 aliphatic heterocycles. The highest BCUT2D eigenvalue weighted by atomic mass is 16.6. The molecule has 1 unspecified atom stereocenters. The van der Waals surface area contributed by atoms with Crippen LogP contribution >= 0.6 is 0 Å². The van der Waals surface area contributed by atoms with Crippen LogP contribution in [-0.2, 0) is 23.7 Å². The number of hydrogen-bond donors (Lipinski definition) is 0. The number of amides is 3. The van der Waals surface area contributed by atoms with Gasteiger partial charge in [-0.2, -0.15) is 0 Å². The third kappa shape index (κ3) is 9.87. The fourth-order valence-electron chi connectivity index (χ4n) is 5.94. The summed E-state index contributed by atoms with van der Waals surface area (Å²) in [5.41, 5.74) is 2.84. The first-order valence-electron chi connectivity index (χ1n) is 15.9. The van der Waals surface area contributed by atoms with Crippen LogP contribution in [-0.4, -0.2) is 77.1 Å². The molecule has 0 aromatic rings. The van der Waals surface area contributed by atoms with E-state index >= 15 is 0 Å². The van der Waals surface area contributed by atoms with Crippen molar-refractivity contribution < 1.29 is 38.1 Å². The Labute approximate surface area is 268 Å². The van der Waals surface area contributed by atoms with Crippen molar-refractivity contribution in [2.24, 2.45) is 5.92 Å². The monoisotopic (exact) mass is 626 g/mol. The second-order valence-corrected chi connectivity index (χ2v) is 13.9. The Bertz CT molecular complexity index is 1240. The highest BCUT2D eigenvalue weighted by Gasteiger charge is 2.49. The fraction of sp³-hybridized carbons (Fsp3) is 0.657. The number of benzene rings is 1. The molecule has 4 aliphatic rings. The lowest BCUT2D eigenvalue weighted by atomic mass is 9.82. The van der Waals surface area contributed by atoms with E-state index in [2.05, 4.69) is 31.0 Å². The summed E-state index contributed by atoms with van der Waals surface area (Å²) in [5.74, 6) is 2.36. The molecule has 3 amide bonds. The molecular weight excluding hydrogens is 576 g/mol. The van der Waals surface area contributed by atoms with Gasteiger partial charge in [-0.3, -0.25) is 9.69 Å². The molecule has 0 bridgehead atoms. The number of ether oxygens (including phenoxy) is 4. The Balaban J connectivity index is 0.000000679. The van der Waals surface area contributed by atoms with Crippen molar-refractivity contribution in [1.29, 1.82) is 0 Å². The van der Waals surface area contributed by atoms with Crippen LogP contribution in [0.15, 0.2) is 18.2 Å². The van der Waals surface area contributed by atoms with E-state index in [4.69, 9.17) is 25.4 Å². The molecule has 0 radical (unpaired) electrons. The third-order valence-corrected chi connectivity index (χ3v) is 8.04. The first-order valence-corrected chi connectivity index (χ1v) is 15.9. The topological polar surface area (TPSA) is 112 Å². The Morgan fingerprint density at radius 1 is 0.978 bits per heavy atom. The number of carbonyl (C=O) groups excluding carboxylic acids is 4. The van der Waals surface area contributed by atoms with Crippen LogP contribution in [0, 0.1) is 25.2 Å². The number of fused-ring (bicyclic) bond motifs is 2. The minimum absolute atomic E-state index is 0.0101. The summed E-state index contributed by atoms with van der Waals surface area (Å²) < 4.78 is 21.5. The Hall–Kier alpha value is -3.74. The van der Waals surface area contributed by atoms with Crippen LogP contribution in [0.5, 0.6) is 0 Å². The van der Waals surface area contributed by atoms with Gasteiger partial charge in [0.1, 0.15) is 17.3 Å². The largest absolute Gasteiger partial charge is 0.462 e. The normalized spacial score (nSPS) is 21.3. The van der Waals surface area contributed by atoms with Crippen molar-refractivity contribution in [3.63, 3.8) is 0 Å². The summed E-state index contributed by atoms with van der Waals surface area (Å²) in [4.78, 5) is 52.6. The van der Waals surface area contributed by atoms with E-state index in [1.54, 1.807) is 46.4 Å². The standard InChI is InChI=1S/C28H44N2O8.C7H6/c1-9-19-18-20-21(30(19)26(34)35-8)14-13-15-22(20)36-23(31)16-11-10-12-17-29(24(32)37-27(2,3)4)25(33)38-28(5,6)7;1-5-4-6-2-3-7(5)6/h1,19-22H,10-18H2,2-8H3;2-4H,1H3/t19?,20-,21-,22+;/m1./s1. The highest BCUT2D eigenvalue weighted by molar-refractivity contribution is 5.88. The van der Waals surface area contributed by atoms with Gasteiger partial charge in [-0.1, -0.05) is 30.5 Å². The molecule has 0 aromatic carbocycles. The summed E-state index contributed by atoms with van der Waals surface area (Å²) in [6, 6.07) is 6.04. The summed E-state index contributed by atoms with van der Waals surface area (Å²) in [6.07, 6.45) is 8.19. The lowest BCUT2D eigenvalue weighted by Crippen LogP contribution is -2.46. The maximum Gasteiger partial charge on any atom is 0.419 e. The molecule has 4 rings (SSSR count). The Morgan fingerprint density at radius 3 is 2.07 bits per heavy atom. The van der Waals surface area contributed by atoms with Gasteiger partial charge in [-0.25, -0.2) is 19.3 Å². The molecule has 0 N–H and O–H groups in total. The average molecular weight is 627 g/mol. The van der Waals surface area contributed by atoms with Crippen molar-refractivity contribution in [3.05, 3.63) is 23.8 Å². The number of aryl methyl sites for hydroxylation is 1. The molecular formula is C35H50N2O8. The number of carbonyl (C=O) groups is 4. The zero-order valence-corrected chi connectivity index (χ0v) is 28.1. The van der Waals surface area contributed by atoms with E-state index in [0.717, 1.165) is 24.2 Å². The first-order chi connectivity index (χ1) is 21.0. The fourth-order valence-corrected chi connectivity index (χ4v) is 5.94. The molecule has 1 heterocycles. The molecule has 45 heavy (non-hydrogen) atoms. The second kappa shape index (κ2) is 15.0. The van der Waals surface area contributed by atoms with Crippen LogP contribution < -0.4 is 0 Å². The van der Waals surface area contributed by atoms with Gasteiger partial charge in [0, 0.05) is 24.9 Å². The van der Waals surface area contributed by atoms with Crippen LogP contribution in [0.25, 0.3) is 11.1 Å². The Morgan fingerprint density at radius 2 is 1.62 bits per heavy atom. The van der Waals surface area contributed by atoms with E-state index in [1.165, 1.54) is 23.8 Å². The molecule has 0 aromatic heterocycles. The predicted molar refractivity (Wildman–Crippen MR) is 170 cm³/mol. The lowest BCUT2D eigenvalue weighted by Gasteiger charge is -2.36. The number of terminal acetylenes is 1. The summed E-state index contributed by atoms with van der Waals surface area (Å²) in [7, 11) is 1.34. The minimum atomic E-state index is -0.763. The quantitative estimate of drug-likeness (QED) is 0.137. The molecule has 2 fully saturated rings. The molecule has 10 nitrogen and oxygen atoms in total. The predicted octanol–water partition coefficient (Wildman–Crippen LogP) is 7.25. The van der Waals surface area contributed by atoms with E-state index in [9.17, 15) is 19.2 Å². The van der Waals surface area contributed by atoms with Crippen LogP contribution in [0.3, 0.4) is 0 Å². The maximum absolute atomic E-state index is 12.6. The van der Waals surface area contributed by atoms with E-state index in [1.807, 2.05) is 0 Å².